The predicted molar refractivity (Wildman–Crippen MR) is 53.4 cm³/mol. The molecule has 84 valence electrons. The zero-order valence-corrected chi connectivity index (χ0v) is 9.08. The third-order valence-corrected chi connectivity index (χ3v) is 1.80. The van der Waals surface area contributed by atoms with Crippen molar-refractivity contribution in [3.05, 3.63) is 0 Å². The molecule has 1 amide bonds. The second kappa shape index (κ2) is 7.73. The van der Waals surface area contributed by atoms with E-state index in [9.17, 15) is 4.79 Å². The molecule has 5 nitrogen and oxygen atoms in total. The lowest BCUT2D eigenvalue weighted by molar-refractivity contribution is -0.136. The molecule has 5 heteroatoms. The van der Waals surface area contributed by atoms with E-state index in [2.05, 4.69) is 5.43 Å². The molecule has 0 saturated carbocycles. The molecular formula is C9H20N2O3. The number of carbonyl (C=O) groups excluding carboxylic acids is 1. The Morgan fingerprint density at radius 1 is 1.43 bits per heavy atom. The predicted octanol–water partition coefficient (Wildman–Crippen LogP) is 0.0540. The highest BCUT2D eigenvalue weighted by atomic mass is 16.5. The van der Waals surface area contributed by atoms with Crippen molar-refractivity contribution >= 4 is 5.91 Å². The maximum absolute atomic E-state index is 11.2. The van der Waals surface area contributed by atoms with E-state index in [0.717, 1.165) is 6.42 Å². The largest absolute Gasteiger partial charge is 0.385 e. The molecule has 0 aromatic carbocycles. The van der Waals surface area contributed by atoms with Crippen LogP contribution < -0.4 is 11.3 Å². The number of hydrogen-bond donors (Lipinski definition) is 2. The van der Waals surface area contributed by atoms with Crippen LogP contribution in [0.3, 0.4) is 0 Å². The summed E-state index contributed by atoms with van der Waals surface area (Å²) in [5.41, 5.74) is 2.09. The van der Waals surface area contributed by atoms with Crippen molar-refractivity contribution in [1.82, 2.24) is 5.43 Å². The summed E-state index contributed by atoms with van der Waals surface area (Å²) in [7, 11) is 1.63. The van der Waals surface area contributed by atoms with Crippen LogP contribution >= 0.6 is 0 Å². The lowest BCUT2D eigenvalue weighted by Gasteiger charge is -2.19. The standard InChI is InChI=1S/C9H20N2O3/c1-7(2)8(9(12)11-10)14-6-4-5-13-3/h7-8H,4-6,10H2,1-3H3,(H,11,12). The molecule has 0 radical (unpaired) electrons. The highest BCUT2D eigenvalue weighted by molar-refractivity contribution is 5.80. The topological polar surface area (TPSA) is 73.6 Å². The van der Waals surface area contributed by atoms with Gasteiger partial charge in [-0.2, -0.15) is 0 Å². The molecule has 0 aromatic heterocycles. The SMILES string of the molecule is COCCCOC(C(=O)NN)C(C)C. The lowest BCUT2D eigenvalue weighted by atomic mass is 10.1. The molecule has 0 saturated heterocycles. The van der Waals surface area contributed by atoms with Gasteiger partial charge in [0.2, 0.25) is 0 Å². The van der Waals surface area contributed by atoms with Crippen LogP contribution in [0.15, 0.2) is 0 Å². The molecule has 0 aliphatic rings. The Morgan fingerprint density at radius 2 is 2.07 bits per heavy atom. The number of rotatable bonds is 7. The molecule has 0 aliphatic heterocycles. The zero-order valence-electron chi connectivity index (χ0n) is 9.08. The van der Waals surface area contributed by atoms with E-state index in [1.54, 1.807) is 7.11 Å². The summed E-state index contributed by atoms with van der Waals surface area (Å²) < 4.78 is 10.3. The first-order chi connectivity index (χ1) is 6.63. The number of nitrogens with two attached hydrogens (primary N) is 1. The van der Waals surface area contributed by atoms with E-state index in [-0.39, 0.29) is 11.8 Å². The molecule has 0 fully saturated rings. The fourth-order valence-electron chi connectivity index (χ4n) is 1.07. The number of hydrogen-bond acceptors (Lipinski definition) is 4. The Morgan fingerprint density at radius 3 is 2.50 bits per heavy atom. The van der Waals surface area contributed by atoms with Crippen LogP contribution in [0.1, 0.15) is 20.3 Å². The summed E-state index contributed by atoms with van der Waals surface area (Å²) in [6, 6.07) is 0. The van der Waals surface area contributed by atoms with Gasteiger partial charge in [0, 0.05) is 20.3 Å². The fraction of sp³-hybridized carbons (Fsp3) is 0.889. The van der Waals surface area contributed by atoms with E-state index in [1.165, 1.54) is 0 Å². The van der Waals surface area contributed by atoms with Gasteiger partial charge in [0.25, 0.3) is 5.91 Å². The van der Waals surface area contributed by atoms with Crippen LogP contribution in [0.2, 0.25) is 0 Å². The average molecular weight is 204 g/mol. The smallest absolute Gasteiger partial charge is 0.263 e. The molecular weight excluding hydrogens is 184 g/mol. The zero-order chi connectivity index (χ0) is 11.0. The lowest BCUT2D eigenvalue weighted by Crippen LogP contribution is -2.43. The Balaban J connectivity index is 3.80. The third kappa shape index (κ3) is 5.16. The van der Waals surface area contributed by atoms with Gasteiger partial charge in [-0.15, -0.1) is 0 Å². The van der Waals surface area contributed by atoms with Gasteiger partial charge >= 0.3 is 0 Å². The van der Waals surface area contributed by atoms with Crippen molar-refractivity contribution < 1.29 is 14.3 Å². The second-order valence-corrected chi connectivity index (χ2v) is 3.39. The van der Waals surface area contributed by atoms with Gasteiger partial charge in [0.15, 0.2) is 0 Å². The van der Waals surface area contributed by atoms with Crippen molar-refractivity contribution in [2.75, 3.05) is 20.3 Å². The van der Waals surface area contributed by atoms with Gasteiger partial charge in [-0.1, -0.05) is 13.8 Å². The number of methoxy groups -OCH3 is 1. The van der Waals surface area contributed by atoms with Gasteiger partial charge in [0.1, 0.15) is 6.10 Å². The van der Waals surface area contributed by atoms with Crippen molar-refractivity contribution in [1.29, 1.82) is 0 Å². The highest BCUT2D eigenvalue weighted by Crippen LogP contribution is 2.06. The quantitative estimate of drug-likeness (QED) is 0.266. The Labute approximate surface area is 84.9 Å². The Hall–Kier alpha value is -0.650. The molecule has 0 aromatic rings. The Kier molecular flexibility index (Phi) is 7.37. The molecule has 1 atom stereocenters. The number of nitrogens with one attached hydrogen (secondary N) is 1. The summed E-state index contributed by atoms with van der Waals surface area (Å²) in [5, 5.41) is 0. The molecule has 0 bridgehead atoms. The minimum Gasteiger partial charge on any atom is -0.385 e. The van der Waals surface area contributed by atoms with Gasteiger partial charge in [0.05, 0.1) is 0 Å². The van der Waals surface area contributed by atoms with Gasteiger partial charge in [-0.05, 0) is 12.3 Å². The normalized spacial score (nSPS) is 12.9. The molecule has 0 spiro atoms. The van der Waals surface area contributed by atoms with Gasteiger partial charge in [-0.25, -0.2) is 5.84 Å². The maximum atomic E-state index is 11.2. The Bertz CT molecular complexity index is 162. The van der Waals surface area contributed by atoms with E-state index in [0.29, 0.717) is 13.2 Å². The van der Waals surface area contributed by atoms with Crippen molar-refractivity contribution in [3.63, 3.8) is 0 Å². The van der Waals surface area contributed by atoms with E-state index < -0.39 is 6.10 Å². The summed E-state index contributed by atoms with van der Waals surface area (Å²) in [6.45, 7) is 4.96. The summed E-state index contributed by atoms with van der Waals surface area (Å²) in [5.74, 6) is 4.87. The fourth-order valence-corrected chi connectivity index (χ4v) is 1.07. The third-order valence-electron chi connectivity index (χ3n) is 1.80. The van der Waals surface area contributed by atoms with E-state index >= 15 is 0 Å². The molecule has 3 N–H and O–H groups in total. The van der Waals surface area contributed by atoms with Crippen LogP contribution in [0.5, 0.6) is 0 Å². The van der Waals surface area contributed by atoms with Crippen LogP contribution in [-0.4, -0.2) is 32.3 Å². The maximum Gasteiger partial charge on any atom is 0.263 e. The van der Waals surface area contributed by atoms with Crippen LogP contribution in [-0.2, 0) is 14.3 Å². The molecule has 1 unspecified atom stereocenters. The number of carbonyl (C=O) groups is 1. The molecule has 0 aliphatic carbocycles. The second-order valence-electron chi connectivity index (χ2n) is 3.39. The van der Waals surface area contributed by atoms with Crippen molar-refractivity contribution in [3.8, 4) is 0 Å². The molecule has 0 rings (SSSR count). The number of ether oxygens (including phenoxy) is 2. The van der Waals surface area contributed by atoms with Crippen LogP contribution in [0, 0.1) is 5.92 Å². The first-order valence-corrected chi connectivity index (χ1v) is 4.74. The van der Waals surface area contributed by atoms with Crippen LogP contribution in [0.25, 0.3) is 0 Å². The van der Waals surface area contributed by atoms with Crippen LogP contribution in [0.4, 0.5) is 0 Å². The average Bonchev–Trinajstić information content (AvgIpc) is 2.16. The van der Waals surface area contributed by atoms with Gasteiger partial charge < -0.3 is 9.47 Å². The monoisotopic (exact) mass is 204 g/mol. The summed E-state index contributed by atoms with van der Waals surface area (Å²) in [6.07, 6.45) is 0.300. The number of hydrazine groups is 1. The highest BCUT2D eigenvalue weighted by Gasteiger charge is 2.21. The van der Waals surface area contributed by atoms with Crippen molar-refractivity contribution in [2.24, 2.45) is 11.8 Å². The first-order valence-electron chi connectivity index (χ1n) is 4.74. The first kappa shape index (κ1) is 13.4. The molecule has 0 heterocycles. The van der Waals surface area contributed by atoms with E-state index in [1.807, 2.05) is 13.8 Å². The number of amides is 1. The van der Waals surface area contributed by atoms with Crippen molar-refractivity contribution in [2.45, 2.75) is 26.4 Å². The van der Waals surface area contributed by atoms with Gasteiger partial charge in [-0.3, -0.25) is 10.2 Å². The summed E-state index contributed by atoms with van der Waals surface area (Å²) in [4.78, 5) is 11.2. The molecule has 14 heavy (non-hydrogen) atoms. The summed E-state index contributed by atoms with van der Waals surface area (Å²) >= 11 is 0. The minimum absolute atomic E-state index is 0.112. The van der Waals surface area contributed by atoms with E-state index in [4.69, 9.17) is 15.3 Å². The minimum atomic E-state index is -0.475.